The molecule has 3 saturated heterocycles. The van der Waals surface area contributed by atoms with Crippen LogP contribution in [0, 0.1) is 0 Å². The maximum Gasteiger partial charge on any atom is 0.421 e. The van der Waals surface area contributed by atoms with E-state index in [1.165, 1.54) is 22.5 Å². The number of aliphatic hydroxyl groups is 2. The summed E-state index contributed by atoms with van der Waals surface area (Å²) in [6, 6.07) is 5.25. The van der Waals surface area contributed by atoms with Crippen LogP contribution in [0.3, 0.4) is 0 Å². The van der Waals surface area contributed by atoms with Gasteiger partial charge in [-0.1, -0.05) is 36.5 Å². The van der Waals surface area contributed by atoms with E-state index in [2.05, 4.69) is 4.90 Å². The Morgan fingerprint density at radius 3 is 2.35 bits per heavy atom. The first kappa shape index (κ1) is 29.6. The first-order valence-electron chi connectivity index (χ1n) is 13.4. The van der Waals surface area contributed by atoms with Crippen LogP contribution in [0.2, 0.25) is 0 Å². The molecule has 3 heterocycles. The number of alkyl halides is 3. The van der Waals surface area contributed by atoms with Crippen LogP contribution in [0.1, 0.15) is 31.7 Å². The van der Waals surface area contributed by atoms with Gasteiger partial charge in [0.05, 0.1) is 30.3 Å². The number of nitrogens with zero attached hydrogens (tertiary/aromatic N) is 3. The molecule has 2 unspecified atom stereocenters. The molecule has 13 heteroatoms. The summed E-state index contributed by atoms with van der Waals surface area (Å²) in [5, 5.41) is 20.4. The number of piperazine rings is 1. The Balaban J connectivity index is 1.44. The van der Waals surface area contributed by atoms with Crippen molar-refractivity contribution < 1.29 is 36.5 Å². The second kappa shape index (κ2) is 11.1. The Labute approximate surface area is 237 Å². The average Bonchev–Trinajstić information content (AvgIpc) is 2.89. The zero-order chi connectivity index (χ0) is 28.9. The Hall–Kier alpha value is -1.87. The fraction of sp³-hybridized carbons (Fsp3) is 0.593. The summed E-state index contributed by atoms with van der Waals surface area (Å²) in [5.74, 6) is 0. The van der Waals surface area contributed by atoms with Crippen molar-refractivity contribution in [1.82, 2.24) is 9.21 Å². The number of sulfonamides is 1. The lowest BCUT2D eigenvalue weighted by molar-refractivity contribution is -0.258. The molecule has 1 aliphatic carbocycles. The molecule has 1 aromatic carbocycles. The first-order chi connectivity index (χ1) is 18.8. The van der Waals surface area contributed by atoms with Gasteiger partial charge in [0.15, 0.2) is 5.60 Å². The third-order valence-corrected chi connectivity index (χ3v) is 10.9. The van der Waals surface area contributed by atoms with Gasteiger partial charge in [0.1, 0.15) is 0 Å². The molecule has 4 atom stereocenters. The molecule has 5 rings (SSSR count). The van der Waals surface area contributed by atoms with E-state index in [9.17, 15) is 31.8 Å². The van der Waals surface area contributed by atoms with Crippen molar-refractivity contribution in [2.75, 3.05) is 44.3 Å². The summed E-state index contributed by atoms with van der Waals surface area (Å²) in [6.07, 6.45) is 1.27. The summed E-state index contributed by atoms with van der Waals surface area (Å²) in [5.41, 5.74) is -2.63. The number of morpholine rings is 1. The van der Waals surface area contributed by atoms with E-state index >= 15 is 0 Å². The van der Waals surface area contributed by atoms with Crippen molar-refractivity contribution in [3.8, 4) is 0 Å². The van der Waals surface area contributed by atoms with Crippen LogP contribution in [-0.2, 0) is 20.4 Å². The van der Waals surface area contributed by atoms with Crippen molar-refractivity contribution in [3.05, 3.63) is 53.0 Å². The Bertz CT molecular complexity index is 1270. The highest BCUT2D eigenvalue weighted by Gasteiger charge is 2.51. The lowest BCUT2D eigenvalue weighted by Gasteiger charge is -2.51. The minimum atomic E-state index is -4.83. The summed E-state index contributed by atoms with van der Waals surface area (Å²) < 4.78 is 74.7. The van der Waals surface area contributed by atoms with Crippen LogP contribution in [0.25, 0.3) is 0 Å². The maximum absolute atomic E-state index is 13.6. The van der Waals surface area contributed by atoms with Gasteiger partial charge in [-0.15, -0.1) is 0 Å². The van der Waals surface area contributed by atoms with Crippen molar-refractivity contribution in [1.29, 1.82) is 0 Å². The molecule has 3 aliphatic heterocycles. The van der Waals surface area contributed by atoms with Gasteiger partial charge in [0.25, 0.3) is 0 Å². The van der Waals surface area contributed by atoms with Crippen LogP contribution in [0.4, 0.5) is 18.9 Å². The Morgan fingerprint density at radius 2 is 1.75 bits per heavy atom. The van der Waals surface area contributed by atoms with E-state index in [4.69, 9.17) is 17.0 Å². The van der Waals surface area contributed by atoms with Crippen molar-refractivity contribution in [3.63, 3.8) is 0 Å². The molecule has 1 aromatic rings. The number of rotatable bonds is 6. The van der Waals surface area contributed by atoms with E-state index in [-0.39, 0.29) is 41.7 Å². The molecule has 0 aromatic heterocycles. The van der Waals surface area contributed by atoms with Crippen LogP contribution in [0.5, 0.6) is 0 Å². The van der Waals surface area contributed by atoms with Gasteiger partial charge < -0.3 is 19.8 Å². The highest BCUT2D eigenvalue weighted by molar-refractivity contribution is 7.96. The largest absolute Gasteiger partial charge is 0.421 e. The van der Waals surface area contributed by atoms with Crippen LogP contribution in [-0.4, -0.2) is 102 Å². The first-order valence-corrected chi connectivity index (χ1v) is 15.2. The highest BCUT2D eigenvalue weighted by Crippen LogP contribution is 2.39. The van der Waals surface area contributed by atoms with E-state index in [0.717, 1.165) is 6.92 Å². The van der Waals surface area contributed by atoms with Gasteiger partial charge in [0.2, 0.25) is 10.0 Å². The Morgan fingerprint density at radius 1 is 1.10 bits per heavy atom. The molecule has 0 amide bonds. The lowest BCUT2D eigenvalue weighted by atomic mass is 9.91. The molecule has 2 N–H and O–H groups in total. The number of halogens is 3. The standard InChI is InChI=1S/C27H34F3N3O5S2/c1-26(35,27(28,29)30)18-6-8-19(9-7-18)32-11-10-31(40(36,37)25-5-3-2-4-24(25)39)14-22(32)15-33-20-12-23(34)13-21(33)17-38-16-20/h2-3,5-9,20-23,34-35H,4,10-17H2,1H3/t20?,21?,22-,23?,26+/m1/s1. The number of thiocarbonyl (C=S) groups is 1. The minimum absolute atomic E-state index is 0.0145. The summed E-state index contributed by atoms with van der Waals surface area (Å²) in [4.78, 5) is 4.79. The number of anilines is 1. The predicted octanol–water partition coefficient (Wildman–Crippen LogP) is 2.71. The van der Waals surface area contributed by atoms with Crippen LogP contribution < -0.4 is 4.90 Å². The number of benzene rings is 1. The Kier molecular flexibility index (Phi) is 8.21. The molecule has 2 bridgehead atoms. The quantitative estimate of drug-likeness (QED) is 0.481. The number of aliphatic hydroxyl groups excluding tert-OH is 1. The molecule has 3 fully saturated rings. The third-order valence-electron chi connectivity index (χ3n) is 8.41. The van der Waals surface area contributed by atoms with Gasteiger partial charge in [-0.25, -0.2) is 8.42 Å². The SMILES string of the molecule is C[C@](O)(c1ccc(N2CCN(S(=O)(=O)C3=CC=CCC3=S)C[C@@H]2CN2C3COCC2CC(O)C3)cc1)C(F)(F)F. The average molecular weight is 602 g/mol. The second-order valence-electron chi connectivity index (χ2n) is 11.1. The zero-order valence-corrected chi connectivity index (χ0v) is 23.8. The molecule has 4 aliphatic rings. The second-order valence-corrected chi connectivity index (χ2v) is 13.5. The fourth-order valence-electron chi connectivity index (χ4n) is 6.08. The van der Waals surface area contributed by atoms with Gasteiger partial charge in [0, 0.05) is 55.2 Å². The van der Waals surface area contributed by atoms with Crippen LogP contribution >= 0.6 is 12.2 Å². The van der Waals surface area contributed by atoms with Gasteiger partial charge in [-0.3, -0.25) is 4.90 Å². The number of piperidine rings is 1. The van der Waals surface area contributed by atoms with Gasteiger partial charge in [-0.05, 0) is 43.5 Å². The van der Waals surface area contributed by atoms with E-state index in [1.807, 2.05) is 11.0 Å². The molecular weight excluding hydrogens is 567 g/mol. The van der Waals surface area contributed by atoms with E-state index in [0.29, 0.717) is 56.1 Å². The summed E-state index contributed by atoms with van der Waals surface area (Å²) >= 11 is 5.36. The lowest BCUT2D eigenvalue weighted by Crippen LogP contribution is -2.64. The zero-order valence-electron chi connectivity index (χ0n) is 22.1. The number of fused-ring (bicyclic) bond motifs is 2. The molecule has 0 saturated carbocycles. The normalized spacial score (nSPS) is 30.2. The monoisotopic (exact) mass is 601 g/mol. The van der Waals surface area contributed by atoms with Crippen LogP contribution in [0.15, 0.2) is 47.4 Å². The summed E-state index contributed by atoms with van der Waals surface area (Å²) in [6.45, 7) is 2.81. The predicted molar refractivity (Wildman–Crippen MR) is 148 cm³/mol. The van der Waals surface area contributed by atoms with Gasteiger partial charge in [-0.2, -0.15) is 17.5 Å². The molecule has 8 nitrogen and oxygen atoms in total. The van der Waals surface area contributed by atoms with Gasteiger partial charge >= 0.3 is 6.18 Å². The topological polar surface area (TPSA) is 93.6 Å². The molecule has 0 radical (unpaired) electrons. The number of hydrogen-bond acceptors (Lipinski definition) is 8. The van der Waals surface area contributed by atoms with E-state index < -0.39 is 27.9 Å². The highest BCUT2D eigenvalue weighted by atomic mass is 32.2. The molecule has 0 spiro atoms. The van der Waals surface area contributed by atoms with Crippen molar-refractivity contribution in [2.24, 2.45) is 0 Å². The fourth-order valence-corrected chi connectivity index (χ4v) is 8.15. The summed E-state index contributed by atoms with van der Waals surface area (Å²) in [7, 11) is -3.85. The number of hydrogen-bond donors (Lipinski definition) is 2. The van der Waals surface area contributed by atoms with E-state index in [1.54, 1.807) is 18.2 Å². The van der Waals surface area contributed by atoms with Crippen molar-refractivity contribution >= 4 is 32.8 Å². The third kappa shape index (κ3) is 5.61. The maximum atomic E-state index is 13.6. The minimum Gasteiger partial charge on any atom is -0.393 e. The molecular formula is C27H34F3N3O5S2. The van der Waals surface area contributed by atoms with Crippen molar-refractivity contribution in [2.45, 2.75) is 62.2 Å². The molecule has 40 heavy (non-hydrogen) atoms. The number of ether oxygens (including phenoxy) is 1. The molecule has 220 valence electrons. The number of allylic oxidation sites excluding steroid dienone is 4. The smallest absolute Gasteiger partial charge is 0.393 e.